The van der Waals surface area contributed by atoms with Crippen LogP contribution in [-0.4, -0.2) is 24.7 Å². The van der Waals surface area contributed by atoms with Crippen LogP contribution >= 0.6 is 0 Å². The molecule has 1 aliphatic carbocycles. The van der Waals surface area contributed by atoms with E-state index in [-0.39, 0.29) is 23.5 Å². The smallest absolute Gasteiger partial charge is 0.223 e. The van der Waals surface area contributed by atoms with Crippen molar-refractivity contribution in [3.63, 3.8) is 0 Å². The summed E-state index contributed by atoms with van der Waals surface area (Å²) < 4.78 is 5.49. The van der Waals surface area contributed by atoms with E-state index in [1.807, 2.05) is 6.92 Å². The van der Waals surface area contributed by atoms with Gasteiger partial charge in [0.25, 0.3) is 0 Å². The zero-order valence-corrected chi connectivity index (χ0v) is 10.6. The molecule has 16 heavy (non-hydrogen) atoms. The lowest BCUT2D eigenvalue weighted by molar-refractivity contribution is -0.123. The first-order valence-electron chi connectivity index (χ1n) is 6.45. The molecule has 1 N–H and O–H groups in total. The molecule has 1 saturated heterocycles. The predicted molar refractivity (Wildman–Crippen MR) is 63.1 cm³/mol. The van der Waals surface area contributed by atoms with Gasteiger partial charge in [-0.3, -0.25) is 4.79 Å². The molecule has 3 atom stereocenters. The first-order valence-corrected chi connectivity index (χ1v) is 6.45. The SMILES string of the molecule is COC(C)C1C(C)C(=O)NC12CCCCC2. The molecule has 0 bridgehead atoms. The monoisotopic (exact) mass is 225 g/mol. The maximum absolute atomic E-state index is 11.9. The van der Waals surface area contributed by atoms with Crippen LogP contribution in [0.15, 0.2) is 0 Å². The minimum Gasteiger partial charge on any atom is -0.381 e. The van der Waals surface area contributed by atoms with Crippen molar-refractivity contribution in [3.05, 3.63) is 0 Å². The number of hydrogen-bond donors (Lipinski definition) is 1. The molecule has 1 spiro atoms. The summed E-state index contributed by atoms with van der Waals surface area (Å²) in [4.78, 5) is 11.9. The molecule has 0 radical (unpaired) electrons. The van der Waals surface area contributed by atoms with Crippen LogP contribution < -0.4 is 5.32 Å². The van der Waals surface area contributed by atoms with Gasteiger partial charge in [0.2, 0.25) is 5.91 Å². The fourth-order valence-electron chi connectivity index (χ4n) is 3.73. The van der Waals surface area contributed by atoms with Crippen molar-refractivity contribution in [1.29, 1.82) is 0 Å². The molecule has 3 unspecified atom stereocenters. The molecule has 0 aromatic heterocycles. The summed E-state index contributed by atoms with van der Waals surface area (Å²) in [6.45, 7) is 4.14. The van der Waals surface area contributed by atoms with Crippen molar-refractivity contribution < 1.29 is 9.53 Å². The number of carbonyl (C=O) groups excluding carboxylic acids is 1. The Labute approximate surface area is 97.9 Å². The second-order valence-corrected chi connectivity index (χ2v) is 5.46. The highest BCUT2D eigenvalue weighted by Crippen LogP contribution is 2.44. The van der Waals surface area contributed by atoms with E-state index in [2.05, 4.69) is 12.2 Å². The Morgan fingerprint density at radius 1 is 1.38 bits per heavy atom. The third-order valence-corrected chi connectivity index (χ3v) is 4.59. The third kappa shape index (κ3) is 1.75. The molecule has 0 aromatic rings. The number of nitrogens with one attached hydrogen (secondary N) is 1. The first kappa shape index (κ1) is 11.9. The minimum atomic E-state index is 0.0319. The number of amides is 1. The maximum atomic E-state index is 11.9. The molecule has 2 fully saturated rings. The lowest BCUT2D eigenvalue weighted by Gasteiger charge is -2.41. The molecule has 2 rings (SSSR count). The number of methoxy groups -OCH3 is 1. The van der Waals surface area contributed by atoms with Crippen molar-refractivity contribution >= 4 is 5.91 Å². The van der Waals surface area contributed by atoms with Gasteiger partial charge in [-0.2, -0.15) is 0 Å². The van der Waals surface area contributed by atoms with E-state index in [0.717, 1.165) is 12.8 Å². The number of ether oxygens (including phenoxy) is 1. The predicted octanol–water partition coefficient (Wildman–Crippen LogP) is 2.11. The van der Waals surface area contributed by atoms with Crippen molar-refractivity contribution in [1.82, 2.24) is 5.32 Å². The van der Waals surface area contributed by atoms with Gasteiger partial charge in [0.1, 0.15) is 0 Å². The van der Waals surface area contributed by atoms with Gasteiger partial charge in [0, 0.05) is 24.5 Å². The quantitative estimate of drug-likeness (QED) is 0.781. The van der Waals surface area contributed by atoms with Crippen LogP contribution in [0.4, 0.5) is 0 Å². The second kappa shape index (κ2) is 4.36. The Bertz CT molecular complexity index is 271. The van der Waals surface area contributed by atoms with E-state index in [9.17, 15) is 4.79 Å². The van der Waals surface area contributed by atoms with Crippen LogP contribution in [0.1, 0.15) is 46.0 Å². The molecule has 1 amide bonds. The summed E-state index contributed by atoms with van der Waals surface area (Å²) in [5.41, 5.74) is 0.0319. The summed E-state index contributed by atoms with van der Waals surface area (Å²) in [6.07, 6.45) is 6.19. The van der Waals surface area contributed by atoms with E-state index < -0.39 is 0 Å². The lowest BCUT2D eigenvalue weighted by atomic mass is 9.69. The largest absolute Gasteiger partial charge is 0.381 e. The van der Waals surface area contributed by atoms with Gasteiger partial charge in [-0.1, -0.05) is 26.2 Å². The van der Waals surface area contributed by atoms with E-state index in [1.165, 1.54) is 19.3 Å². The second-order valence-electron chi connectivity index (χ2n) is 5.46. The molecule has 3 nitrogen and oxygen atoms in total. The van der Waals surface area contributed by atoms with Crippen LogP contribution in [0.5, 0.6) is 0 Å². The highest BCUT2D eigenvalue weighted by molar-refractivity contribution is 5.82. The number of hydrogen-bond acceptors (Lipinski definition) is 2. The number of rotatable bonds is 2. The highest BCUT2D eigenvalue weighted by atomic mass is 16.5. The first-order chi connectivity index (χ1) is 7.60. The summed E-state index contributed by atoms with van der Waals surface area (Å²) in [7, 11) is 1.75. The molecule has 2 aliphatic rings. The average molecular weight is 225 g/mol. The average Bonchev–Trinajstić information content (AvgIpc) is 2.51. The van der Waals surface area contributed by atoms with E-state index >= 15 is 0 Å². The standard InChI is InChI=1S/C13H23NO2/c1-9-11(10(2)16-3)13(14-12(9)15)7-5-4-6-8-13/h9-11H,4-8H2,1-3H3,(H,14,15). The van der Waals surface area contributed by atoms with Crippen LogP contribution in [0.25, 0.3) is 0 Å². The van der Waals surface area contributed by atoms with Crippen LogP contribution in [-0.2, 0) is 9.53 Å². The lowest BCUT2D eigenvalue weighted by Crippen LogP contribution is -2.50. The zero-order chi connectivity index (χ0) is 11.8. The summed E-state index contributed by atoms with van der Waals surface area (Å²) in [5, 5.41) is 3.27. The summed E-state index contributed by atoms with van der Waals surface area (Å²) >= 11 is 0. The van der Waals surface area contributed by atoms with Crippen LogP contribution in [0, 0.1) is 11.8 Å². The van der Waals surface area contributed by atoms with E-state index in [0.29, 0.717) is 5.92 Å². The van der Waals surface area contributed by atoms with Crippen LogP contribution in [0.3, 0.4) is 0 Å². The molecule has 92 valence electrons. The van der Waals surface area contributed by atoms with Gasteiger partial charge in [-0.15, -0.1) is 0 Å². The third-order valence-electron chi connectivity index (χ3n) is 4.59. The fourth-order valence-corrected chi connectivity index (χ4v) is 3.73. The molecule has 1 saturated carbocycles. The molecule has 1 aliphatic heterocycles. The molecular formula is C13H23NO2. The Morgan fingerprint density at radius 3 is 2.56 bits per heavy atom. The van der Waals surface area contributed by atoms with Gasteiger partial charge in [0.15, 0.2) is 0 Å². The van der Waals surface area contributed by atoms with Gasteiger partial charge in [-0.05, 0) is 19.8 Å². The minimum absolute atomic E-state index is 0.0319. The molecular weight excluding hydrogens is 202 g/mol. The van der Waals surface area contributed by atoms with Gasteiger partial charge in [-0.25, -0.2) is 0 Å². The Balaban J connectivity index is 2.24. The maximum Gasteiger partial charge on any atom is 0.223 e. The summed E-state index contributed by atoms with van der Waals surface area (Å²) in [6, 6.07) is 0. The topological polar surface area (TPSA) is 38.3 Å². The van der Waals surface area contributed by atoms with Gasteiger partial charge >= 0.3 is 0 Å². The summed E-state index contributed by atoms with van der Waals surface area (Å²) in [5.74, 6) is 0.647. The highest BCUT2D eigenvalue weighted by Gasteiger charge is 2.53. The van der Waals surface area contributed by atoms with Crippen molar-refractivity contribution in [2.75, 3.05) is 7.11 Å². The van der Waals surface area contributed by atoms with E-state index in [4.69, 9.17) is 4.74 Å². The molecule has 1 heterocycles. The van der Waals surface area contributed by atoms with Crippen LogP contribution in [0.2, 0.25) is 0 Å². The number of carbonyl (C=O) groups is 1. The fraction of sp³-hybridized carbons (Fsp3) is 0.923. The van der Waals surface area contributed by atoms with Crippen molar-refractivity contribution in [2.45, 2.75) is 57.6 Å². The Kier molecular flexibility index (Phi) is 3.24. The zero-order valence-electron chi connectivity index (χ0n) is 10.6. The molecule has 0 aromatic carbocycles. The van der Waals surface area contributed by atoms with Crippen molar-refractivity contribution in [2.24, 2.45) is 11.8 Å². The van der Waals surface area contributed by atoms with Crippen molar-refractivity contribution in [3.8, 4) is 0 Å². The molecule has 3 heteroatoms. The van der Waals surface area contributed by atoms with Gasteiger partial charge < -0.3 is 10.1 Å². The van der Waals surface area contributed by atoms with E-state index in [1.54, 1.807) is 7.11 Å². The normalized spacial score (nSPS) is 35.1. The van der Waals surface area contributed by atoms with Gasteiger partial charge in [0.05, 0.1) is 6.10 Å². The Morgan fingerprint density at radius 2 is 2.00 bits per heavy atom. The Hall–Kier alpha value is -0.570.